The number of carbonyl (C=O) groups excluding carboxylic acids is 1. The highest BCUT2D eigenvalue weighted by molar-refractivity contribution is 5.94. The molecule has 3 aliphatic rings. The molecule has 1 amide bonds. The van der Waals surface area contributed by atoms with Crippen molar-refractivity contribution in [1.82, 2.24) is 0 Å². The van der Waals surface area contributed by atoms with E-state index in [1.165, 1.54) is 24.3 Å². The van der Waals surface area contributed by atoms with Gasteiger partial charge >= 0.3 is 0 Å². The SMILES string of the molecule is CC1(C)OC2OC(C(=O)Nc3ccc(F)cc3)C3OC(C)(C)OC3C2O1. The number of hydrogen-bond donors (Lipinski definition) is 1. The van der Waals surface area contributed by atoms with Crippen LogP contribution in [0.3, 0.4) is 0 Å². The van der Waals surface area contributed by atoms with Crippen molar-refractivity contribution in [3.8, 4) is 0 Å². The van der Waals surface area contributed by atoms with Gasteiger partial charge in [-0.25, -0.2) is 4.39 Å². The number of rotatable bonds is 2. The maximum Gasteiger partial charge on any atom is 0.256 e. The zero-order valence-electron chi connectivity index (χ0n) is 15.0. The van der Waals surface area contributed by atoms with Crippen LogP contribution in [-0.4, -0.2) is 48.2 Å². The summed E-state index contributed by atoms with van der Waals surface area (Å²) in [6.45, 7) is 7.10. The predicted octanol–water partition coefficient (Wildman–Crippen LogP) is 2.16. The molecule has 4 rings (SSSR count). The molecule has 1 aromatic carbocycles. The predicted molar refractivity (Wildman–Crippen MR) is 87.6 cm³/mol. The minimum atomic E-state index is -0.953. The van der Waals surface area contributed by atoms with Crippen LogP contribution in [0.15, 0.2) is 24.3 Å². The number of fused-ring (bicyclic) bond motifs is 3. The maximum absolute atomic E-state index is 13.1. The summed E-state index contributed by atoms with van der Waals surface area (Å²) in [5.74, 6) is -2.52. The first-order valence-electron chi connectivity index (χ1n) is 8.57. The van der Waals surface area contributed by atoms with E-state index in [0.717, 1.165) is 0 Å². The van der Waals surface area contributed by atoms with Crippen molar-refractivity contribution in [3.05, 3.63) is 30.1 Å². The standard InChI is InChI=1S/C18H22FNO6/c1-17(2)23-11-12(24-17)14-16(26-18(3,4)25-14)22-13(11)15(21)20-10-7-5-9(19)6-8-10/h5-8,11-14,16H,1-4H3,(H,20,21). The van der Waals surface area contributed by atoms with Gasteiger partial charge in [0, 0.05) is 5.69 Å². The number of halogens is 1. The van der Waals surface area contributed by atoms with E-state index in [1.54, 1.807) is 27.7 Å². The summed E-state index contributed by atoms with van der Waals surface area (Å²) in [7, 11) is 0. The number of benzene rings is 1. The Balaban J connectivity index is 1.57. The molecule has 0 bridgehead atoms. The molecule has 8 heteroatoms. The lowest BCUT2D eigenvalue weighted by atomic mass is 9.98. The number of anilines is 1. The average Bonchev–Trinajstić information content (AvgIpc) is 3.02. The van der Waals surface area contributed by atoms with Crippen LogP contribution in [0, 0.1) is 5.82 Å². The number of ether oxygens (including phenoxy) is 5. The third-order valence-corrected chi connectivity index (χ3v) is 4.52. The van der Waals surface area contributed by atoms with Gasteiger partial charge in [0.2, 0.25) is 0 Å². The molecule has 0 aliphatic carbocycles. The highest BCUT2D eigenvalue weighted by Gasteiger charge is 2.62. The van der Waals surface area contributed by atoms with Crippen molar-refractivity contribution >= 4 is 11.6 Å². The van der Waals surface area contributed by atoms with E-state index >= 15 is 0 Å². The fourth-order valence-corrected chi connectivity index (χ4v) is 3.57. The monoisotopic (exact) mass is 367 g/mol. The molecule has 142 valence electrons. The molecule has 7 nitrogen and oxygen atoms in total. The molecule has 5 unspecified atom stereocenters. The Morgan fingerprint density at radius 3 is 2.19 bits per heavy atom. The summed E-state index contributed by atoms with van der Waals surface area (Å²) in [4.78, 5) is 12.8. The second kappa shape index (κ2) is 5.97. The molecule has 26 heavy (non-hydrogen) atoms. The van der Waals surface area contributed by atoms with Gasteiger partial charge in [-0.15, -0.1) is 0 Å². The molecular formula is C18H22FNO6. The van der Waals surface area contributed by atoms with Crippen LogP contribution in [0.4, 0.5) is 10.1 Å². The minimum absolute atomic E-state index is 0.382. The van der Waals surface area contributed by atoms with Gasteiger partial charge in [-0.05, 0) is 52.0 Å². The van der Waals surface area contributed by atoms with E-state index in [2.05, 4.69) is 5.32 Å². The Morgan fingerprint density at radius 1 is 0.923 bits per heavy atom. The van der Waals surface area contributed by atoms with E-state index < -0.39 is 48.2 Å². The van der Waals surface area contributed by atoms with Crippen molar-refractivity contribution in [2.24, 2.45) is 0 Å². The van der Waals surface area contributed by atoms with Crippen LogP contribution < -0.4 is 5.32 Å². The van der Waals surface area contributed by atoms with Crippen LogP contribution in [0.2, 0.25) is 0 Å². The summed E-state index contributed by atoms with van der Waals surface area (Å²) in [5.41, 5.74) is 0.459. The smallest absolute Gasteiger partial charge is 0.256 e. The number of hydrogen-bond acceptors (Lipinski definition) is 6. The first kappa shape index (κ1) is 17.8. The van der Waals surface area contributed by atoms with Gasteiger partial charge in [0.05, 0.1) is 0 Å². The molecule has 0 aromatic heterocycles. The average molecular weight is 367 g/mol. The number of nitrogens with one attached hydrogen (secondary N) is 1. The number of amides is 1. The Labute approximate surface area is 150 Å². The minimum Gasteiger partial charge on any atom is -0.342 e. The fraction of sp³-hybridized carbons (Fsp3) is 0.611. The van der Waals surface area contributed by atoms with Gasteiger partial charge in [-0.2, -0.15) is 0 Å². The van der Waals surface area contributed by atoms with Crippen LogP contribution >= 0.6 is 0 Å². The quantitative estimate of drug-likeness (QED) is 0.863. The van der Waals surface area contributed by atoms with Crippen molar-refractivity contribution in [2.75, 3.05) is 5.32 Å². The van der Waals surface area contributed by atoms with Crippen LogP contribution in [0.25, 0.3) is 0 Å². The lowest BCUT2D eigenvalue weighted by Crippen LogP contribution is -2.58. The van der Waals surface area contributed by atoms with Crippen LogP contribution in [-0.2, 0) is 28.5 Å². The molecule has 0 radical (unpaired) electrons. The topological polar surface area (TPSA) is 75.3 Å². The molecule has 0 spiro atoms. The van der Waals surface area contributed by atoms with Gasteiger partial charge in [0.1, 0.15) is 24.1 Å². The molecule has 1 aromatic rings. The Bertz CT molecular complexity index is 706. The molecule has 1 N–H and O–H groups in total. The summed E-state index contributed by atoms with van der Waals surface area (Å²) in [6, 6.07) is 5.49. The van der Waals surface area contributed by atoms with Gasteiger partial charge in [-0.3, -0.25) is 4.79 Å². The second-order valence-corrected chi connectivity index (χ2v) is 7.59. The maximum atomic E-state index is 13.1. The third-order valence-electron chi connectivity index (χ3n) is 4.52. The Hall–Kier alpha value is -1.58. The van der Waals surface area contributed by atoms with E-state index in [0.29, 0.717) is 5.69 Å². The lowest BCUT2D eigenvalue weighted by Gasteiger charge is -2.36. The Kier molecular flexibility index (Phi) is 4.09. The van der Waals surface area contributed by atoms with Gasteiger partial charge < -0.3 is 29.0 Å². The summed E-state index contributed by atoms with van der Waals surface area (Å²) >= 11 is 0. The van der Waals surface area contributed by atoms with E-state index in [1.807, 2.05) is 0 Å². The van der Waals surface area contributed by atoms with Gasteiger partial charge in [0.25, 0.3) is 5.91 Å². The first-order valence-corrected chi connectivity index (χ1v) is 8.57. The fourth-order valence-electron chi connectivity index (χ4n) is 3.57. The largest absolute Gasteiger partial charge is 0.342 e. The van der Waals surface area contributed by atoms with Gasteiger partial charge in [-0.1, -0.05) is 0 Å². The van der Waals surface area contributed by atoms with Gasteiger partial charge in [0.15, 0.2) is 24.0 Å². The van der Waals surface area contributed by atoms with E-state index in [9.17, 15) is 9.18 Å². The molecule has 5 atom stereocenters. The third kappa shape index (κ3) is 3.23. The normalized spacial score (nSPS) is 37.0. The summed E-state index contributed by atoms with van der Waals surface area (Å²) in [6.07, 6.45) is -3.34. The lowest BCUT2D eigenvalue weighted by molar-refractivity contribution is -0.229. The highest BCUT2D eigenvalue weighted by Crippen LogP contribution is 2.44. The highest BCUT2D eigenvalue weighted by atomic mass is 19.1. The van der Waals surface area contributed by atoms with Crippen LogP contribution in [0.5, 0.6) is 0 Å². The van der Waals surface area contributed by atoms with E-state index in [4.69, 9.17) is 23.7 Å². The summed E-state index contributed by atoms with van der Waals surface area (Å²) < 4.78 is 42.5. The van der Waals surface area contributed by atoms with Crippen molar-refractivity contribution in [2.45, 2.75) is 70.0 Å². The summed E-state index contributed by atoms with van der Waals surface area (Å²) in [5, 5.41) is 2.72. The van der Waals surface area contributed by atoms with Crippen molar-refractivity contribution in [3.63, 3.8) is 0 Å². The van der Waals surface area contributed by atoms with Crippen LogP contribution in [0.1, 0.15) is 27.7 Å². The van der Waals surface area contributed by atoms with Crippen molar-refractivity contribution in [1.29, 1.82) is 0 Å². The molecule has 3 heterocycles. The first-order chi connectivity index (χ1) is 12.1. The zero-order chi connectivity index (χ0) is 18.7. The van der Waals surface area contributed by atoms with E-state index in [-0.39, 0.29) is 5.82 Å². The molecular weight excluding hydrogens is 345 g/mol. The molecule has 0 saturated carbocycles. The molecule has 3 fully saturated rings. The zero-order valence-corrected chi connectivity index (χ0v) is 15.0. The number of carbonyl (C=O) groups is 1. The molecule has 3 aliphatic heterocycles. The van der Waals surface area contributed by atoms with Crippen molar-refractivity contribution < 1.29 is 32.9 Å². The Morgan fingerprint density at radius 2 is 1.50 bits per heavy atom. The second-order valence-electron chi connectivity index (χ2n) is 7.59. The molecule has 3 saturated heterocycles.